The average molecular weight is 464 g/mol. The van der Waals surface area contributed by atoms with Crippen molar-refractivity contribution in [2.24, 2.45) is 22.2 Å². The summed E-state index contributed by atoms with van der Waals surface area (Å²) in [7, 11) is 0. The number of carbonyl (C=O) groups excluding carboxylic acids is 3. The van der Waals surface area contributed by atoms with Gasteiger partial charge in [-0.3, -0.25) is 24.2 Å². The van der Waals surface area contributed by atoms with Crippen molar-refractivity contribution in [2.45, 2.75) is 50.4 Å². The molecule has 0 rings (SSSR count). The monoisotopic (exact) mass is 463 g/mol. The third kappa shape index (κ3) is 11.6. The highest BCUT2D eigenvalue weighted by Crippen LogP contribution is 2.02. The van der Waals surface area contributed by atoms with E-state index in [2.05, 4.69) is 28.3 Å². The molecule has 0 aliphatic heterocycles. The first-order valence-electron chi connectivity index (χ1n) is 9.16. The number of rotatable bonds is 14. The number of hydrogen-bond acceptors (Lipinski definition) is 8. The summed E-state index contributed by atoms with van der Waals surface area (Å²) in [6.07, 6.45) is -0.433. The molecule has 0 spiro atoms. The van der Waals surface area contributed by atoms with Crippen LogP contribution in [0.1, 0.15) is 26.2 Å². The molecule has 0 aliphatic rings. The van der Waals surface area contributed by atoms with Gasteiger partial charge in [0.05, 0.1) is 12.5 Å². The predicted octanol–water partition coefficient (Wildman–Crippen LogP) is -3.67. The summed E-state index contributed by atoms with van der Waals surface area (Å²) in [6, 6.07) is -4.97. The molecule has 0 radical (unpaired) electrons. The summed E-state index contributed by atoms with van der Waals surface area (Å²) >= 11 is 3.96. The van der Waals surface area contributed by atoms with Gasteiger partial charge >= 0.3 is 11.9 Å². The van der Waals surface area contributed by atoms with Crippen LogP contribution in [0.3, 0.4) is 0 Å². The van der Waals surface area contributed by atoms with E-state index >= 15 is 0 Å². The van der Waals surface area contributed by atoms with Crippen LogP contribution in [0.25, 0.3) is 0 Å². The summed E-state index contributed by atoms with van der Waals surface area (Å²) in [5.41, 5.74) is 16.0. The first kappa shape index (κ1) is 27.9. The van der Waals surface area contributed by atoms with Crippen LogP contribution in [-0.2, 0) is 24.0 Å². The Labute approximate surface area is 183 Å². The zero-order valence-electron chi connectivity index (χ0n) is 16.9. The first-order valence-corrected chi connectivity index (χ1v) is 9.79. The van der Waals surface area contributed by atoms with Crippen molar-refractivity contribution < 1.29 is 34.2 Å². The zero-order valence-corrected chi connectivity index (χ0v) is 17.8. The van der Waals surface area contributed by atoms with E-state index in [1.54, 1.807) is 0 Å². The highest BCUT2D eigenvalue weighted by Gasteiger charge is 2.30. The van der Waals surface area contributed by atoms with Gasteiger partial charge in [-0.05, 0) is 19.8 Å². The molecule has 0 saturated carbocycles. The number of carboxylic acid groups (broad SMARTS) is 2. The van der Waals surface area contributed by atoms with Gasteiger partial charge in [-0.2, -0.15) is 12.6 Å². The third-order valence-corrected chi connectivity index (χ3v) is 4.17. The van der Waals surface area contributed by atoms with Gasteiger partial charge < -0.3 is 43.4 Å². The molecule has 0 aromatic rings. The minimum Gasteiger partial charge on any atom is -0.481 e. The number of nitrogens with two attached hydrogens (primary N) is 3. The number of hydrogen-bond donors (Lipinski definition) is 9. The molecule has 4 atom stereocenters. The molecule has 0 fully saturated rings. The van der Waals surface area contributed by atoms with Crippen LogP contribution in [0.2, 0.25) is 0 Å². The summed E-state index contributed by atoms with van der Waals surface area (Å²) in [5.74, 6) is -5.66. The predicted molar refractivity (Wildman–Crippen MR) is 113 cm³/mol. The smallest absolute Gasteiger partial charge is 0.326 e. The Kier molecular flexibility index (Phi) is 12.6. The molecule has 0 aromatic carbocycles. The van der Waals surface area contributed by atoms with Crippen LogP contribution < -0.4 is 33.2 Å². The lowest BCUT2D eigenvalue weighted by Gasteiger charge is -2.23. The molecule has 31 heavy (non-hydrogen) atoms. The van der Waals surface area contributed by atoms with Crippen LogP contribution in [-0.4, -0.2) is 82.3 Å². The minimum absolute atomic E-state index is 0.110. The van der Waals surface area contributed by atoms with Crippen LogP contribution in [0.4, 0.5) is 0 Å². The van der Waals surface area contributed by atoms with E-state index in [1.165, 1.54) is 6.92 Å². The maximum Gasteiger partial charge on any atom is 0.326 e. The number of aliphatic imine (C=N–C) groups is 1. The second kappa shape index (κ2) is 14.0. The van der Waals surface area contributed by atoms with Crippen molar-refractivity contribution in [3.05, 3.63) is 0 Å². The van der Waals surface area contributed by atoms with Crippen molar-refractivity contribution in [2.75, 3.05) is 12.3 Å². The molecule has 4 unspecified atom stereocenters. The number of nitrogens with zero attached hydrogens (tertiary/aromatic N) is 1. The Bertz CT molecular complexity index is 698. The van der Waals surface area contributed by atoms with Crippen LogP contribution in [0, 0.1) is 0 Å². The fourth-order valence-electron chi connectivity index (χ4n) is 2.19. The molecule has 0 bridgehead atoms. The molecule has 0 aromatic heterocycles. The Morgan fingerprint density at radius 2 is 1.45 bits per heavy atom. The Balaban J connectivity index is 5.22. The number of carbonyl (C=O) groups is 5. The van der Waals surface area contributed by atoms with E-state index in [-0.39, 0.29) is 24.7 Å². The average Bonchev–Trinajstić information content (AvgIpc) is 2.66. The molecule has 0 heterocycles. The molecule has 11 N–H and O–H groups in total. The number of aliphatic carboxylic acids is 2. The lowest BCUT2D eigenvalue weighted by Crippen LogP contribution is -2.57. The molecule has 15 heteroatoms. The van der Waals surface area contributed by atoms with Gasteiger partial charge in [0.1, 0.15) is 18.1 Å². The number of amides is 3. The van der Waals surface area contributed by atoms with E-state index in [4.69, 9.17) is 27.4 Å². The number of guanidine groups is 1. The molecular weight excluding hydrogens is 434 g/mol. The topological polar surface area (TPSA) is 252 Å². The lowest BCUT2D eigenvalue weighted by molar-refractivity contribution is -0.147. The Hall–Kier alpha value is -3.07. The van der Waals surface area contributed by atoms with Crippen LogP contribution >= 0.6 is 12.6 Å². The van der Waals surface area contributed by atoms with Gasteiger partial charge in [0, 0.05) is 12.3 Å². The van der Waals surface area contributed by atoms with E-state index in [9.17, 15) is 24.0 Å². The maximum absolute atomic E-state index is 12.6. The van der Waals surface area contributed by atoms with E-state index in [0.29, 0.717) is 6.42 Å². The Morgan fingerprint density at radius 1 is 0.935 bits per heavy atom. The number of carboxylic acids is 2. The maximum atomic E-state index is 12.6. The molecular formula is C16H29N7O7S. The van der Waals surface area contributed by atoms with Crippen molar-refractivity contribution in [3.8, 4) is 0 Å². The molecule has 0 saturated heterocycles. The number of thiol groups is 1. The second-order valence-corrected chi connectivity index (χ2v) is 6.90. The van der Waals surface area contributed by atoms with Gasteiger partial charge in [0.2, 0.25) is 17.7 Å². The van der Waals surface area contributed by atoms with Gasteiger partial charge in [-0.15, -0.1) is 0 Å². The van der Waals surface area contributed by atoms with Gasteiger partial charge in [-0.25, -0.2) is 4.79 Å². The normalized spacial score (nSPS) is 14.3. The van der Waals surface area contributed by atoms with Crippen molar-refractivity contribution in [3.63, 3.8) is 0 Å². The van der Waals surface area contributed by atoms with Crippen molar-refractivity contribution >= 4 is 48.2 Å². The van der Waals surface area contributed by atoms with E-state index < -0.39 is 60.2 Å². The largest absolute Gasteiger partial charge is 0.481 e. The van der Waals surface area contributed by atoms with Crippen molar-refractivity contribution in [1.29, 1.82) is 0 Å². The molecule has 14 nitrogen and oxygen atoms in total. The quantitative estimate of drug-likeness (QED) is 0.0528. The number of nitrogens with one attached hydrogen (secondary N) is 3. The summed E-state index contributed by atoms with van der Waals surface area (Å²) in [4.78, 5) is 62.5. The van der Waals surface area contributed by atoms with Gasteiger partial charge in [-0.1, -0.05) is 0 Å². The van der Waals surface area contributed by atoms with E-state index in [0.717, 1.165) is 0 Å². The fourth-order valence-corrected chi connectivity index (χ4v) is 2.45. The molecule has 176 valence electrons. The van der Waals surface area contributed by atoms with Gasteiger partial charge in [0.25, 0.3) is 0 Å². The SMILES string of the molecule is CC(N)C(=O)NC(CCCN=C(N)N)C(=O)NC(CS)C(=O)NC(CC(=O)O)C(=O)O. The Morgan fingerprint density at radius 3 is 1.90 bits per heavy atom. The zero-order chi connectivity index (χ0) is 24.1. The summed E-state index contributed by atoms with van der Waals surface area (Å²) in [5, 5.41) is 24.6. The lowest BCUT2D eigenvalue weighted by atomic mass is 10.1. The molecule has 3 amide bonds. The third-order valence-electron chi connectivity index (χ3n) is 3.80. The summed E-state index contributed by atoms with van der Waals surface area (Å²) < 4.78 is 0. The molecule has 0 aliphatic carbocycles. The minimum atomic E-state index is -1.70. The highest BCUT2D eigenvalue weighted by molar-refractivity contribution is 7.80. The van der Waals surface area contributed by atoms with E-state index in [1.807, 2.05) is 5.32 Å². The van der Waals surface area contributed by atoms with Crippen LogP contribution in [0.5, 0.6) is 0 Å². The standard InChI is InChI=1S/C16H29N7O7S/c1-7(17)12(26)21-8(3-2-4-20-16(18)19)13(27)23-10(6-31)14(28)22-9(15(29)30)5-11(24)25/h7-10,31H,2-6,17H2,1H3,(H,21,26)(H,22,28)(H,23,27)(H,24,25)(H,29,30)(H4,18,19,20). The van der Waals surface area contributed by atoms with Crippen molar-refractivity contribution in [1.82, 2.24) is 16.0 Å². The van der Waals surface area contributed by atoms with Gasteiger partial charge in [0.15, 0.2) is 5.96 Å². The van der Waals surface area contributed by atoms with Crippen LogP contribution in [0.15, 0.2) is 4.99 Å². The first-order chi connectivity index (χ1) is 14.4. The summed E-state index contributed by atoms with van der Waals surface area (Å²) in [6.45, 7) is 1.61. The highest BCUT2D eigenvalue weighted by atomic mass is 32.1. The second-order valence-electron chi connectivity index (χ2n) is 6.54. The fraction of sp³-hybridized carbons (Fsp3) is 0.625.